The number of nitrogens with two attached hydrogens (primary N) is 4. The maximum Gasteiger partial charge on any atom is 0.328 e. The Morgan fingerprint density at radius 2 is 1.02 bits per heavy atom. The van der Waals surface area contributed by atoms with Gasteiger partial charge in [0, 0.05) is 6.54 Å². The van der Waals surface area contributed by atoms with Crippen LogP contribution in [0.2, 0.25) is 0 Å². The average Bonchev–Trinajstić information content (AvgIpc) is 3.16. The lowest BCUT2D eigenvalue weighted by molar-refractivity contribution is -0.143. The molecule has 0 saturated carbocycles. The SMILES string of the molecule is CC(C)C[C@H](NC(=O)CNC(=O)CNC(=O)CNC(=O)CNC(=O)[C@H](CC(C)C)NC(=O)[C@@H](N)CCCCN)C(=O)N[C@@H](CCCN=C(N)N)C(=O)N[C@@H](CO)C(=O)O. The van der Waals surface area contributed by atoms with Gasteiger partial charge in [-0.3, -0.25) is 43.3 Å². The number of aliphatic carboxylic acids is 1. The molecule has 0 aromatic heterocycles. The maximum atomic E-state index is 13.3. The number of amides is 8. The van der Waals surface area contributed by atoms with Gasteiger partial charge >= 0.3 is 5.97 Å². The Hall–Kier alpha value is -5.62. The first-order valence-electron chi connectivity index (χ1n) is 19.3. The summed E-state index contributed by atoms with van der Waals surface area (Å²) in [6.07, 6.45) is 2.28. The number of hydrogen-bond acceptors (Lipinski definition) is 13. The monoisotopic (exact) mass is 843 g/mol. The highest BCUT2D eigenvalue weighted by Crippen LogP contribution is 2.08. The molecule has 0 bridgehead atoms. The Morgan fingerprint density at radius 1 is 0.559 bits per heavy atom. The molecule has 18 N–H and O–H groups in total. The summed E-state index contributed by atoms with van der Waals surface area (Å²) < 4.78 is 0. The smallest absolute Gasteiger partial charge is 0.328 e. The fourth-order valence-electron chi connectivity index (χ4n) is 5.09. The van der Waals surface area contributed by atoms with Gasteiger partial charge in [0.25, 0.3) is 0 Å². The molecule has 0 aliphatic carbocycles. The zero-order chi connectivity index (χ0) is 45.1. The topological polar surface area (TPSA) is 407 Å². The van der Waals surface area contributed by atoms with Crippen LogP contribution in [0.15, 0.2) is 4.99 Å². The van der Waals surface area contributed by atoms with Crippen molar-refractivity contribution in [2.75, 3.05) is 45.9 Å². The first-order valence-corrected chi connectivity index (χ1v) is 19.3. The summed E-state index contributed by atoms with van der Waals surface area (Å²) in [4.78, 5) is 116. The molecule has 0 aliphatic heterocycles. The lowest BCUT2D eigenvalue weighted by Crippen LogP contribution is -2.57. The molecule has 0 radical (unpaired) electrons. The molecular formula is C35H65N13O11. The lowest BCUT2D eigenvalue weighted by atomic mass is 10.0. The third-order valence-corrected chi connectivity index (χ3v) is 8.14. The molecule has 59 heavy (non-hydrogen) atoms. The summed E-state index contributed by atoms with van der Waals surface area (Å²) in [5.74, 6) is -7.72. The number of aliphatic hydroxyl groups is 1. The lowest BCUT2D eigenvalue weighted by Gasteiger charge is -2.25. The highest BCUT2D eigenvalue weighted by atomic mass is 16.4. The molecular weight excluding hydrogens is 778 g/mol. The molecule has 0 heterocycles. The highest BCUT2D eigenvalue weighted by Gasteiger charge is 2.30. The van der Waals surface area contributed by atoms with E-state index in [1.807, 2.05) is 13.8 Å². The number of carboxylic acid groups (broad SMARTS) is 1. The maximum absolute atomic E-state index is 13.3. The molecule has 8 amide bonds. The van der Waals surface area contributed by atoms with E-state index >= 15 is 0 Å². The van der Waals surface area contributed by atoms with E-state index in [4.69, 9.17) is 22.9 Å². The summed E-state index contributed by atoms with van der Waals surface area (Å²) in [6, 6.07) is -5.91. The molecule has 24 heteroatoms. The van der Waals surface area contributed by atoms with Gasteiger partial charge in [0.1, 0.15) is 24.2 Å². The summed E-state index contributed by atoms with van der Waals surface area (Å²) in [5.41, 5.74) is 22.0. The van der Waals surface area contributed by atoms with Gasteiger partial charge in [0.05, 0.1) is 38.8 Å². The normalized spacial score (nSPS) is 13.4. The van der Waals surface area contributed by atoms with Crippen LogP contribution in [0.3, 0.4) is 0 Å². The molecule has 0 aromatic rings. The predicted octanol–water partition coefficient (Wildman–Crippen LogP) is -5.93. The molecule has 0 rings (SSSR count). The number of rotatable bonds is 30. The Kier molecular flexibility index (Phi) is 26.8. The molecule has 0 fully saturated rings. The van der Waals surface area contributed by atoms with Crippen LogP contribution in [-0.2, 0) is 43.2 Å². The molecule has 24 nitrogen and oxygen atoms in total. The minimum atomic E-state index is -1.64. The first-order chi connectivity index (χ1) is 27.7. The van der Waals surface area contributed by atoms with Crippen molar-refractivity contribution in [1.29, 1.82) is 0 Å². The third-order valence-electron chi connectivity index (χ3n) is 8.14. The number of hydrogen-bond donors (Lipinski definition) is 14. The average molecular weight is 844 g/mol. The van der Waals surface area contributed by atoms with Crippen LogP contribution >= 0.6 is 0 Å². The van der Waals surface area contributed by atoms with Gasteiger partial charge in [-0.2, -0.15) is 0 Å². The largest absolute Gasteiger partial charge is 0.480 e. The summed E-state index contributed by atoms with van der Waals surface area (Å²) in [5, 5.41) is 37.5. The van der Waals surface area contributed by atoms with Crippen molar-refractivity contribution in [3.8, 4) is 0 Å². The van der Waals surface area contributed by atoms with Crippen molar-refractivity contribution in [2.24, 2.45) is 39.8 Å². The number of nitrogens with one attached hydrogen (secondary N) is 8. The molecule has 5 atom stereocenters. The summed E-state index contributed by atoms with van der Waals surface area (Å²) >= 11 is 0. The summed E-state index contributed by atoms with van der Waals surface area (Å²) in [6.45, 7) is 4.63. The van der Waals surface area contributed by atoms with E-state index in [9.17, 15) is 53.4 Å². The van der Waals surface area contributed by atoms with Gasteiger partial charge in [-0.15, -0.1) is 0 Å². The third kappa shape index (κ3) is 25.4. The number of carbonyl (C=O) groups is 9. The molecule has 0 aromatic carbocycles. The molecule has 0 spiro atoms. The number of carbonyl (C=O) groups excluding carboxylic acids is 8. The second-order valence-corrected chi connectivity index (χ2v) is 14.5. The Bertz CT molecular complexity index is 1440. The quantitative estimate of drug-likeness (QED) is 0.0182. The van der Waals surface area contributed by atoms with Crippen LogP contribution in [0.25, 0.3) is 0 Å². The van der Waals surface area contributed by atoms with Crippen molar-refractivity contribution in [1.82, 2.24) is 42.5 Å². The Morgan fingerprint density at radius 3 is 1.49 bits per heavy atom. The van der Waals surface area contributed by atoms with Crippen molar-refractivity contribution in [2.45, 2.75) is 103 Å². The fourth-order valence-corrected chi connectivity index (χ4v) is 5.09. The number of nitrogens with zero attached hydrogens (tertiary/aromatic N) is 1. The van der Waals surface area contributed by atoms with Gasteiger partial charge in [-0.1, -0.05) is 34.1 Å². The summed E-state index contributed by atoms with van der Waals surface area (Å²) in [7, 11) is 0. The first kappa shape index (κ1) is 53.4. The van der Waals surface area contributed by atoms with E-state index in [0.717, 1.165) is 0 Å². The van der Waals surface area contributed by atoms with Gasteiger partial charge in [-0.25, -0.2) is 4.79 Å². The number of aliphatic imine (C=N–C) groups is 1. The van der Waals surface area contributed by atoms with Crippen molar-refractivity contribution in [3.63, 3.8) is 0 Å². The van der Waals surface area contributed by atoms with Crippen LogP contribution in [0, 0.1) is 11.8 Å². The van der Waals surface area contributed by atoms with E-state index in [1.54, 1.807) is 13.8 Å². The molecule has 0 unspecified atom stereocenters. The van der Waals surface area contributed by atoms with E-state index in [2.05, 4.69) is 47.5 Å². The molecule has 0 saturated heterocycles. The van der Waals surface area contributed by atoms with Crippen LogP contribution < -0.4 is 65.5 Å². The minimum Gasteiger partial charge on any atom is -0.480 e. The predicted molar refractivity (Wildman–Crippen MR) is 214 cm³/mol. The Balaban J connectivity index is 5.05. The van der Waals surface area contributed by atoms with Crippen molar-refractivity contribution >= 4 is 59.2 Å². The Labute approximate surface area is 343 Å². The second-order valence-electron chi connectivity index (χ2n) is 14.5. The van der Waals surface area contributed by atoms with Gasteiger partial charge in [0.15, 0.2) is 5.96 Å². The van der Waals surface area contributed by atoms with Gasteiger partial charge in [0.2, 0.25) is 47.3 Å². The van der Waals surface area contributed by atoms with Crippen molar-refractivity contribution < 1.29 is 53.4 Å². The van der Waals surface area contributed by atoms with Crippen molar-refractivity contribution in [3.05, 3.63) is 0 Å². The zero-order valence-corrected chi connectivity index (χ0v) is 34.3. The van der Waals surface area contributed by atoms with Crippen LogP contribution in [0.4, 0.5) is 0 Å². The second kappa shape index (κ2) is 29.6. The fraction of sp³-hybridized carbons (Fsp3) is 0.714. The highest BCUT2D eigenvalue weighted by molar-refractivity contribution is 5.95. The number of carboxylic acids is 1. The van der Waals surface area contributed by atoms with E-state index < -0.39 is 116 Å². The van der Waals surface area contributed by atoms with Crippen LogP contribution in [-0.4, -0.2) is 145 Å². The van der Waals surface area contributed by atoms with Crippen LogP contribution in [0.5, 0.6) is 0 Å². The molecule has 0 aliphatic rings. The zero-order valence-electron chi connectivity index (χ0n) is 34.3. The van der Waals surface area contributed by atoms with Crippen LogP contribution in [0.1, 0.15) is 72.6 Å². The van der Waals surface area contributed by atoms with Gasteiger partial charge in [-0.05, 0) is 56.9 Å². The standard InChI is InChI=1S/C35H65N13O11/c1-19(2)12-23(47-30(54)21(37)8-5-6-10-36)31(55)44-16-28(52)42-14-26(50)41-15-27(51)43-17-29(53)45-24(13-20(3)4)33(57)46-22(9-7-11-40-35(38)39)32(56)48-25(18-49)34(58)59/h19-25,49H,5-18,36-37H2,1-4H3,(H,41,50)(H,42,52)(H,43,51)(H,44,55)(H,45,53)(H,46,57)(H,47,54)(H,48,56)(H,58,59)(H4,38,39,40)/t21-,22-,23-,24-,25-/m0/s1. The number of aliphatic hydroxyl groups excluding tert-OH is 1. The molecule has 336 valence electrons. The van der Waals surface area contributed by atoms with Gasteiger partial charge < -0.3 is 75.7 Å². The van der Waals surface area contributed by atoms with E-state index in [-0.39, 0.29) is 50.0 Å². The number of unbranched alkanes of at least 4 members (excludes halogenated alkanes) is 1. The number of guanidine groups is 1. The van der Waals surface area contributed by atoms with E-state index in [1.165, 1.54) is 0 Å². The minimum absolute atomic E-state index is 0.0211. The van der Waals surface area contributed by atoms with E-state index in [0.29, 0.717) is 25.8 Å².